The van der Waals surface area contributed by atoms with Crippen LogP contribution in [-0.4, -0.2) is 26.2 Å². The van der Waals surface area contributed by atoms with E-state index in [1.807, 2.05) is 6.92 Å². The Bertz CT molecular complexity index is 894. The molecule has 2 aromatic rings. The molecule has 1 unspecified atom stereocenters. The topological polar surface area (TPSA) is 76.7 Å². The Morgan fingerprint density at radius 3 is 2.52 bits per heavy atom. The van der Waals surface area contributed by atoms with E-state index in [1.165, 1.54) is 38.2 Å². The van der Waals surface area contributed by atoms with Gasteiger partial charge in [0.25, 0.3) is 0 Å². The minimum absolute atomic E-state index is 0.0938. The van der Waals surface area contributed by atoms with Gasteiger partial charge in [-0.1, -0.05) is 24.3 Å². The first-order chi connectivity index (χ1) is 14.0. The number of esters is 1. The lowest BCUT2D eigenvalue weighted by atomic mass is 9.89. The van der Waals surface area contributed by atoms with Crippen LogP contribution in [-0.2, 0) is 24.1 Å². The van der Waals surface area contributed by atoms with Gasteiger partial charge in [0.1, 0.15) is 11.3 Å². The fraction of sp³-hybridized carbons (Fsp3) is 0.391. The number of rotatable bonds is 6. The maximum absolute atomic E-state index is 12.3. The van der Waals surface area contributed by atoms with Gasteiger partial charge in [0.05, 0.1) is 20.3 Å². The predicted octanol–water partition coefficient (Wildman–Crippen LogP) is 3.92. The van der Waals surface area contributed by atoms with Crippen LogP contribution in [0.25, 0.3) is 0 Å². The van der Waals surface area contributed by atoms with Gasteiger partial charge in [-0.3, -0.25) is 0 Å². The van der Waals surface area contributed by atoms with E-state index in [0.717, 1.165) is 24.0 Å². The number of hydrogen-bond acceptors (Lipinski definition) is 4. The molecule has 6 nitrogen and oxygen atoms in total. The van der Waals surface area contributed by atoms with Crippen LogP contribution in [0, 0.1) is 0 Å². The molecule has 0 bridgehead atoms. The van der Waals surface area contributed by atoms with Crippen molar-refractivity contribution in [3.63, 3.8) is 0 Å². The largest absolute Gasteiger partial charge is 0.496 e. The quantitative estimate of drug-likeness (QED) is 0.726. The van der Waals surface area contributed by atoms with Crippen LogP contribution >= 0.6 is 0 Å². The highest BCUT2D eigenvalue weighted by atomic mass is 16.5. The highest BCUT2D eigenvalue weighted by Crippen LogP contribution is 2.25. The van der Waals surface area contributed by atoms with Crippen molar-refractivity contribution in [2.75, 3.05) is 14.2 Å². The number of urea groups is 1. The molecule has 154 valence electrons. The van der Waals surface area contributed by atoms with Crippen LogP contribution in [0.1, 0.15) is 58.4 Å². The molecule has 1 aliphatic rings. The second kappa shape index (κ2) is 9.45. The minimum Gasteiger partial charge on any atom is -0.496 e. The van der Waals surface area contributed by atoms with Crippen molar-refractivity contribution >= 4 is 12.0 Å². The maximum Gasteiger partial charge on any atom is 0.341 e. The highest BCUT2D eigenvalue weighted by Gasteiger charge is 2.16. The minimum atomic E-state index is -0.478. The summed E-state index contributed by atoms with van der Waals surface area (Å²) >= 11 is 0. The summed E-state index contributed by atoms with van der Waals surface area (Å²) in [5, 5.41) is 5.82. The molecule has 2 amide bonds. The molecule has 0 aromatic heterocycles. The van der Waals surface area contributed by atoms with Crippen LogP contribution < -0.4 is 15.4 Å². The van der Waals surface area contributed by atoms with Crippen LogP contribution in [0.3, 0.4) is 0 Å². The number of nitrogens with one attached hydrogen (secondary N) is 2. The van der Waals surface area contributed by atoms with Crippen molar-refractivity contribution in [1.29, 1.82) is 0 Å². The normalized spacial score (nSPS) is 13.8. The Hall–Kier alpha value is -3.02. The molecule has 0 radical (unpaired) electrons. The van der Waals surface area contributed by atoms with Crippen molar-refractivity contribution in [2.45, 2.75) is 45.2 Å². The Kier molecular flexibility index (Phi) is 6.75. The fourth-order valence-electron chi connectivity index (χ4n) is 3.67. The van der Waals surface area contributed by atoms with E-state index in [2.05, 4.69) is 28.8 Å². The lowest BCUT2D eigenvalue weighted by molar-refractivity contribution is 0.0597. The molecule has 0 saturated carbocycles. The molecule has 0 spiro atoms. The van der Waals surface area contributed by atoms with Gasteiger partial charge >= 0.3 is 12.0 Å². The molecule has 1 aliphatic carbocycles. The predicted molar refractivity (Wildman–Crippen MR) is 111 cm³/mol. The molecule has 0 saturated heterocycles. The second-order valence-corrected chi connectivity index (χ2v) is 7.31. The van der Waals surface area contributed by atoms with Crippen LogP contribution in [0.15, 0.2) is 36.4 Å². The highest BCUT2D eigenvalue weighted by molar-refractivity contribution is 5.92. The van der Waals surface area contributed by atoms with Gasteiger partial charge in [-0.15, -0.1) is 0 Å². The Labute approximate surface area is 171 Å². The summed E-state index contributed by atoms with van der Waals surface area (Å²) in [5.41, 5.74) is 5.05. The summed E-state index contributed by atoms with van der Waals surface area (Å²) in [4.78, 5) is 24.2. The monoisotopic (exact) mass is 396 g/mol. The maximum atomic E-state index is 12.3. The summed E-state index contributed by atoms with van der Waals surface area (Å²) < 4.78 is 9.97. The number of aryl methyl sites for hydroxylation is 2. The Balaban J connectivity index is 1.59. The number of hydrogen-bond donors (Lipinski definition) is 2. The van der Waals surface area contributed by atoms with Gasteiger partial charge in [-0.05, 0) is 67.0 Å². The van der Waals surface area contributed by atoms with Gasteiger partial charge in [0.15, 0.2) is 0 Å². The molecule has 29 heavy (non-hydrogen) atoms. The van der Waals surface area contributed by atoms with Gasteiger partial charge < -0.3 is 20.1 Å². The number of ether oxygens (including phenoxy) is 2. The first-order valence-electron chi connectivity index (χ1n) is 9.93. The molecular weight excluding hydrogens is 368 g/mol. The second-order valence-electron chi connectivity index (χ2n) is 7.31. The van der Waals surface area contributed by atoms with Crippen LogP contribution in [0.2, 0.25) is 0 Å². The smallest absolute Gasteiger partial charge is 0.341 e. The van der Waals surface area contributed by atoms with Crippen molar-refractivity contribution < 1.29 is 19.1 Å². The lowest BCUT2D eigenvalue weighted by Crippen LogP contribution is -2.36. The summed E-state index contributed by atoms with van der Waals surface area (Å²) in [7, 11) is 2.82. The standard InChI is InChI=1S/C23H28N2O4/c1-15(18-10-9-17-6-4-5-7-19(17)13-18)25-23(27)24-14-16-8-11-21(28-2)20(12-16)22(26)29-3/h8-13,15H,4-7,14H2,1-3H3,(H2,24,25,27). The molecule has 0 aliphatic heterocycles. The Morgan fingerprint density at radius 1 is 1.03 bits per heavy atom. The van der Waals surface area contributed by atoms with E-state index in [4.69, 9.17) is 9.47 Å². The summed E-state index contributed by atoms with van der Waals surface area (Å²) in [6, 6.07) is 11.3. The molecule has 0 heterocycles. The molecule has 2 aromatic carbocycles. The molecule has 6 heteroatoms. The number of carbonyl (C=O) groups is 2. The molecule has 2 N–H and O–H groups in total. The zero-order chi connectivity index (χ0) is 20.8. The van der Waals surface area contributed by atoms with E-state index in [-0.39, 0.29) is 18.6 Å². The first kappa shape index (κ1) is 20.7. The summed E-state index contributed by atoms with van der Waals surface area (Å²) in [6.45, 7) is 2.27. The van der Waals surface area contributed by atoms with Crippen LogP contribution in [0.4, 0.5) is 4.79 Å². The third kappa shape index (κ3) is 5.08. The van der Waals surface area contributed by atoms with E-state index in [0.29, 0.717) is 11.3 Å². The SMILES string of the molecule is COC(=O)c1cc(CNC(=O)NC(C)c2ccc3c(c2)CCCC3)ccc1OC. The number of benzene rings is 2. The van der Waals surface area contributed by atoms with Gasteiger partial charge in [-0.2, -0.15) is 0 Å². The summed E-state index contributed by atoms with van der Waals surface area (Å²) in [6.07, 6.45) is 4.75. The lowest BCUT2D eigenvalue weighted by Gasteiger charge is -2.20. The average molecular weight is 396 g/mol. The zero-order valence-electron chi connectivity index (χ0n) is 17.2. The molecule has 1 atom stereocenters. The molecule has 3 rings (SSSR count). The zero-order valence-corrected chi connectivity index (χ0v) is 17.2. The number of carbonyl (C=O) groups excluding carboxylic acids is 2. The van der Waals surface area contributed by atoms with Crippen molar-refractivity contribution in [3.05, 3.63) is 64.2 Å². The van der Waals surface area contributed by atoms with E-state index >= 15 is 0 Å². The van der Waals surface area contributed by atoms with Gasteiger partial charge in [0, 0.05) is 6.54 Å². The number of amides is 2. The first-order valence-corrected chi connectivity index (χ1v) is 9.93. The van der Waals surface area contributed by atoms with Crippen LogP contribution in [0.5, 0.6) is 5.75 Å². The van der Waals surface area contributed by atoms with E-state index in [1.54, 1.807) is 18.2 Å². The average Bonchev–Trinajstić information content (AvgIpc) is 2.76. The van der Waals surface area contributed by atoms with Gasteiger partial charge in [0.2, 0.25) is 0 Å². The fourth-order valence-corrected chi connectivity index (χ4v) is 3.67. The van der Waals surface area contributed by atoms with E-state index in [9.17, 15) is 9.59 Å². The van der Waals surface area contributed by atoms with Gasteiger partial charge in [-0.25, -0.2) is 9.59 Å². The van der Waals surface area contributed by atoms with Crippen molar-refractivity contribution in [3.8, 4) is 5.75 Å². The third-order valence-electron chi connectivity index (χ3n) is 5.34. The summed E-state index contributed by atoms with van der Waals surface area (Å²) in [5.74, 6) is -0.0414. The third-order valence-corrected chi connectivity index (χ3v) is 5.34. The molecular formula is C23H28N2O4. The van der Waals surface area contributed by atoms with E-state index < -0.39 is 5.97 Å². The number of fused-ring (bicyclic) bond motifs is 1. The van der Waals surface area contributed by atoms with Crippen molar-refractivity contribution in [1.82, 2.24) is 10.6 Å². The Morgan fingerprint density at radius 2 is 1.79 bits per heavy atom. The molecule has 0 fully saturated rings. The van der Waals surface area contributed by atoms with Crippen molar-refractivity contribution in [2.24, 2.45) is 0 Å². The number of methoxy groups -OCH3 is 2.